The van der Waals surface area contributed by atoms with Gasteiger partial charge in [0.05, 0.1) is 5.69 Å². The van der Waals surface area contributed by atoms with Gasteiger partial charge in [0.25, 0.3) is 11.9 Å². The molecular formula is C20H16N4O3S. The Morgan fingerprint density at radius 2 is 1.96 bits per heavy atom. The number of amides is 1. The van der Waals surface area contributed by atoms with Gasteiger partial charge >= 0.3 is 0 Å². The van der Waals surface area contributed by atoms with Crippen molar-refractivity contribution in [3.8, 4) is 22.8 Å². The lowest BCUT2D eigenvalue weighted by Crippen LogP contribution is -2.40. The number of para-hydroxylation sites is 2. The molecule has 0 bridgehead atoms. The zero-order chi connectivity index (χ0) is 19.1. The molecule has 1 amide bonds. The van der Waals surface area contributed by atoms with Gasteiger partial charge in [-0.2, -0.15) is 4.98 Å². The van der Waals surface area contributed by atoms with Crippen molar-refractivity contribution in [2.75, 3.05) is 11.9 Å². The topological polar surface area (TPSA) is 77.8 Å². The molecule has 140 valence electrons. The Kier molecular flexibility index (Phi) is 3.98. The van der Waals surface area contributed by atoms with E-state index in [1.54, 1.807) is 16.6 Å². The summed E-state index contributed by atoms with van der Waals surface area (Å²) in [5, 5.41) is 9.16. The van der Waals surface area contributed by atoms with Gasteiger partial charge in [0.1, 0.15) is 6.61 Å². The molecule has 2 aromatic carbocycles. The minimum atomic E-state index is -0.756. The summed E-state index contributed by atoms with van der Waals surface area (Å²) in [6.45, 7) is 2.19. The monoisotopic (exact) mass is 392 g/mol. The van der Waals surface area contributed by atoms with Gasteiger partial charge in [-0.15, -0.1) is 16.4 Å². The molecule has 1 unspecified atom stereocenters. The number of hydrogen-bond acceptors (Lipinski definition) is 6. The van der Waals surface area contributed by atoms with Crippen LogP contribution in [0.5, 0.6) is 11.5 Å². The highest BCUT2D eigenvalue weighted by Crippen LogP contribution is 2.31. The van der Waals surface area contributed by atoms with E-state index in [4.69, 9.17) is 9.47 Å². The summed E-state index contributed by atoms with van der Waals surface area (Å²) in [6, 6.07) is 15.5. The van der Waals surface area contributed by atoms with Crippen LogP contribution in [0.4, 0.5) is 5.95 Å². The highest BCUT2D eigenvalue weighted by molar-refractivity contribution is 7.15. The number of rotatable bonds is 3. The molecule has 0 spiro atoms. The standard InChI is InChI=1S/C20H16N4O3S/c1-12-6-8-13(9-7-12)14-11-28-20-22-19(23-24(14)20)21-18(25)17-10-26-15-4-2-3-5-16(15)27-17/h2-9,11,17H,10H2,1H3,(H,21,23,25). The van der Waals surface area contributed by atoms with Gasteiger partial charge in [-0.25, -0.2) is 4.52 Å². The molecule has 5 rings (SSSR count). The second kappa shape index (κ2) is 6.65. The SMILES string of the molecule is Cc1ccc(-c2csc3nc(NC(=O)C4COc5ccccc5O4)nn23)cc1. The second-order valence-corrected chi connectivity index (χ2v) is 7.31. The number of ether oxygens (including phenoxy) is 2. The van der Waals surface area contributed by atoms with Crippen molar-refractivity contribution >= 4 is 28.2 Å². The van der Waals surface area contributed by atoms with Crippen LogP contribution < -0.4 is 14.8 Å². The van der Waals surface area contributed by atoms with E-state index in [1.165, 1.54) is 16.9 Å². The summed E-state index contributed by atoms with van der Waals surface area (Å²) in [4.78, 5) is 17.7. The van der Waals surface area contributed by atoms with Crippen molar-refractivity contribution in [2.24, 2.45) is 0 Å². The number of carbonyl (C=O) groups is 1. The number of aryl methyl sites for hydroxylation is 1. The first-order chi connectivity index (χ1) is 13.7. The predicted molar refractivity (Wildman–Crippen MR) is 106 cm³/mol. The Bertz CT molecular complexity index is 1170. The van der Waals surface area contributed by atoms with Crippen LogP contribution in [0.15, 0.2) is 53.9 Å². The van der Waals surface area contributed by atoms with Crippen LogP contribution in [0.2, 0.25) is 0 Å². The Morgan fingerprint density at radius 3 is 2.79 bits per heavy atom. The first kappa shape index (κ1) is 16.8. The van der Waals surface area contributed by atoms with E-state index in [2.05, 4.69) is 27.5 Å². The van der Waals surface area contributed by atoms with E-state index in [0.29, 0.717) is 16.5 Å². The van der Waals surface area contributed by atoms with Crippen molar-refractivity contribution in [3.63, 3.8) is 0 Å². The fraction of sp³-hybridized carbons (Fsp3) is 0.150. The molecule has 0 radical (unpaired) electrons. The molecule has 1 atom stereocenters. The number of carbonyl (C=O) groups excluding carboxylic acids is 1. The lowest BCUT2D eigenvalue weighted by atomic mass is 10.1. The number of anilines is 1. The van der Waals surface area contributed by atoms with Crippen LogP contribution in [-0.2, 0) is 4.79 Å². The van der Waals surface area contributed by atoms with Gasteiger partial charge < -0.3 is 9.47 Å². The minimum absolute atomic E-state index is 0.139. The fourth-order valence-electron chi connectivity index (χ4n) is 3.00. The first-order valence-corrected chi connectivity index (χ1v) is 9.66. The third-order valence-corrected chi connectivity index (χ3v) is 5.28. The maximum atomic E-state index is 12.6. The molecule has 0 saturated heterocycles. The largest absolute Gasteiger partial charge is 0.485 e. The minimum Gasteiger partial charge on any atom is -0.485 e. The van der Waals surface area contributed by atoms with Gasteiger partial charge in [-0.05, 0) is 19.1 Å². The molecule has 1 aliphatic rings. The molecule has 0 saturated carbocycles. The number of benzene rings is 2. The van der Waals surface area contributed by atoms with Crippen LogP contribution in [0, 0.1) is 6.92 Å². The third-order valence-electron chi connectivity index (χ3n) is 4.46. The van der Waals surface area contributed by atoms with E-state index in [0.717, 1.165) is 11.3 Å². The zero-order valence-corrected chi connectivity index (χ0v) is 15.8. The van der Waals surface area contributed by atoms with Gasteiger partial charge in [0.15, 0.2) is 11.5 Å². The van der Waals surface area contributed by atoms with Gasteiger partial charge in [0.2, 0.25) is 11.1 Å². The van der Waals surface area contributed by atoms with Crippen LogP contribution in [0.25, 0.3) is 16.2 Å². The fourth-order valence-corrected chi connectivity index (χ4v) is 3.83. The molecule has 1 N–H and O–H groups in total. The van der Waals surface area contributed by atoms with Crippen LogP contribution in [0.1, 0.15) is 5.56 Å². The van der Waals surface area contributed by atoms with Crippen LogP contribution >= 0.6 is 11.3 Å². The Labute approximate surface area is 164 Å². The Hall–Kier alpha value is -3.39. The summed E-state index contributed by atoms with van der Waals surface area (Å²) in [6.07, 6.45) is -0.756. The number of aromatic nitrogens is 3. The van der Waals surface area contributed by atoms with Crippen LogP contribution in [-0.4, -0.2) is 33.2 Å². The maximum absolute atomic E-state index is 12.6. The quantitative estimate of drug-likeness (QED) is 0.577. The predicted octanol–water partition coefficient (Wildman–Crippen LogP) is 3.54. The summed E-state index contributed by atoms with van der Waals surface area (Å²) >= 11 is 1.47. The van der Waals surface area contributed by atoms with E-state index >= 15 is 0 Å². The summed E-state index contributed by atoms with van der Waals surface area (Å²) in [5.41, 5.74) is 3.16. The number of nitrogens with one attached hydrogen (secondary N) is 1. The summed E-state index contributed by atoms with van der Waals surface area (Å²) in [5.74, 6) is 1.08. The number of thiazole rings is 1. The normalized spacial score (nSPS) is 15.5. The maximum Gasteiger partial charge on any atom is 0.271 e. The second-order valence-electron chi connectivity index (χ2n) is 6.47. The van der Waals surface area contributed by atoms with Gasteiger partial charge in [0, 0.05) is 10.9 Å². The number of nitrogens with zero attached hydrogens (tertiary/aromatic N) is 3. The molecule has 0 aliphatic carbocycles. The number of hydrogen-bond donors (Lipinski definition) is 1. The van der Waals surface area contributed by atoms with Crippen molar-refractivity contribution < 1.29 is 14.3 Å². The van der Waals surface area contributed by atoms with Crippen molar-refractivity contribution in [3.05, 3.63) is 59.5 Å². The van der Waals surface area contributed by atoms with Gasteiger partial charge in [-0.1, -0.05) is 42.0 Å². The van der Waals surface area contributed by atoms with E-state index in [1.807, 2.05) is 36.6 Å². The first-order valence-electron chi connectivity index (χ1n) is 8.78. The summed E-state index contributed by atoms with van der Waals surface area (Å²) in [7, 11) is 0. The highest BCUT2D eigenvalue weighted by atomic mass is 32.1. The van der Waals surface area contributed by atoms with E-state index in [9.17, 15) is 4.79 Å². The highest BCUT2D eigenvalue weighted by Gasteiger charge is 2.28. The van der Waals surface area contributed by atoms with E-state index in [-0.39, 0.29) is 18.5 Å². The van der Waals surface area contributed by atoms with Gasteiger partial charge in [-0.3, -0.25) is 10.1 Å². The average molecular weight is 392 g/mol. The lowest BCUT2D eigenvalue weighted by Gasteiger charge is -2.25. The molecule has 7 nitrogen and oxygen atoms in total. The van der Waals surface area contributed by atoms with Crippen molar-refractivity contribution in [1.82, 2.24) is 14.6 Å². The molecule has 8 heteroatoms. The Morgan fingerprint density at radius 1 is 1.18 bits per heavy atom. The van der Waals surface area contributed by atoms with Crippen LogP contribution in [0.3, 0.4) is 0 Å². The molecule has 1 aliphatic heterocycles. The molecule has 4 aromatic rings. The van der Waals surface area contributed by atoms with E-state index < -0.39 is 6.10 Å². The molecule has 2 aromatic heterocycles. The summed E-state index contributed by atoms with van der Waals surface area (Å²) < 4.78 is 13.1. The third kappa shape index (κ3) is 2.97. The zero-order valence-electron chi connectivity index (χ0n) is 15.0. The smallest absolute Gasteiger partial charge is 0.271 e. The van der Waals surface area contributed by atoms with Crippen molar-refractivity contribution in [1.29, 1.82) is 0 Å². The molecule has 0 fully saturated rings. The molecular weight excluding hydrogens is 376 g/mol. The molecule has 28 heavy (non-hydrogen) atoms. The van der Waals surface area contributed by atoms with Crippen molar-refractivity contribution in [2.45, 2.75) is 13.0 Å². The average Bonchev–Trinajstić information content (AvgIpc) is 3.28. The molecule has 3 heterocycles. The Balaban J connectivity index is 1.36. The number of fused-ring (bicyclic) bond motifs is 2. The lowest BCUT2D eigenvalue weighted by molar-refractivity contribution is -0.125.